The summed E-state index contributed by atoms with van der Waals surface area (Å²) in [4.78, 5) is 30.4. The third kappa shape index (κ3) is 3.92. The van der Waals surface area contributed by atoms with Gasteiger partial charge in [0.1, 0.15) is 17.8 Å². The van der Waals surface area contributed by atoms with Crippen molar-refractivity contribution < 1.29 is 23.8 Å². The number of carbonyl (C=O) groups excluding carboxylic acids is 2. The van der Waals surface area contributed by atoms with Crippen molar-refractivity contribution in [3.05, 3.63) is 83.8 Å². The summed E-state index contributed by atoms with van der Waals surface area (Å²) in [5.41, 5.74) is 3.09. The molecule has 0 radical (unpaired) electrons. The fourth-order valence-electron chi connectivity index (χ4n) is 3.48. The second-order valence-corrected chi connectivity index (χ2v) is 6.98. The third-order valence-corrected chi connectivity index (χ3v) is 5.11. The molecule has 0 spiro atoms. The summed E-state index contributed by atoms with van der Waals surface area (Å²) in [5, 5.41) is 0. The molecule has 32 heavy (non-hydrogen) atoms. The van der Waals surface area contributed by atoms with Gasteiger partial charge in [0.25, 0.3) is 0 Å². The molecular weight excluding hydrogens is 408 g/mol. The number of ketones is 1. The summed E-state index contributed by atoms with van der Waals surface area (Å²) in [6.45, 7) is 1.97. The lowest BCUT2D eigenvalue weighted by atomic mass is 10.1. The molecule has 0 saturated carbocycles. The molecule has 4 rings (SSSR count). The number of esters is 1. The molecule has 162 valence electrons. The van der Waals surface area contributed by atoms with Gasteiger partial charge in [0.15, 0.2) is 0 Å². The molecule has 2 aromatic heterocycles. The smallest absolute Gasteiger partial charge is 0.340 e. The van der Waals surface area contributed by atoms with Gasteiger partial charge in [0.05, 0.1) is 43.3 Å². The molecule has 2 heterocycles. The number of ether oxygens (including phenoxy) is 3. The van der Waals surface area contributed by atoms with E-state index in [1.165, 1.54) is 0 Å². The van der Waals surface area contributed by atoms with Crippen molar-refractivity contribution in [3.63, 3.8) is 0 Å². The highest BCUT2D eigenvalue weighted by Crippen LogP contribution is 2.27. The normalized spacial score (nSPS) is 10.7. The van der Waals surface area contributed by atoms with Gasteiger partial charge >= 0.3 is 5.97 Å². The van der Waals surface area contributed by atoms with Gasteiger partial charge in [0.2, 0.25) is 5.78 Å². The number of fused-ring (bicyclic) bond motifs is 1. The Morgan fingerprint density at radius 3 is 2.38 bits per heavy atom. The molecule has 0 aliphatic heterocycles. The second kappa shape index (κ2) is 8.93. The number of rotatable bonds is 7. The summed E-state index contributed by atoms with van der Waals surface area (Å²) in [6, 6.07) is 17.6. The van der Waals surface area contributed by atoms with E-state index in [0.717, 1.165) is 5.56 Å². The zero-order valence-corrected chi connectivity index (χ0v) is 18.0. The summed E-state index contributed by atoms with van der Waals surface area (Å²) in [5.74, 6) is 0.606. The molecule has 0 unspecified atom stereocenters. The van der Waals surface area contributed by atoms with E-state index in [1.807, 2.05) is 24.3 Å². The number of methoxy groups -OCH3 is 2. The van der Waals surface area contributed by atoms with E-state index in [1.54, 1.807) is 68.3 Å². The lowest BCUT2D eigenvalue weighted by molar-refractivity contribution is 0.0529. The molecule has 0 amide bonds. The Bertz CT molecular complexity index is 1290. The fraction of sp³-hybridized carbons (Fsp3) is 0.160. The van der Waals surface area contributed by atoms with E-state index in [-0.39, 0.29) is 12.4 Å². The van der Waals surface area contributed by atoms with Crippen molar-refractivity contribution in [2.45, 2.75) is 6.92 Å². The second-order valence-electron chi connectivity index (χ2n) is 6.98. The molecule has 0 aliphatic carbocycles. The van der Waals surface area contributed by atoms with Gasteiger partial charge in [-0.05, 0) is 55.5 Å². The summed E-state index contributed by atoms with van der Waals surface area (Å²) < 4.78 is 17.3. The summed E-state index contributed by atoms with van der Waals surface area (Å²) in [6.07, 6.45) is 1.55. The van der Waals surface area contributed by atoms with Crippen molar-refractivity contribution in [1.29, 1.82) is 0 Å². The van der Waals surface area contributed by atoms with Crippen LogP contribution < -0.4 is 9.47 Å². The van der Waals surface area contributed by atoms with Gasteiger partial charge < -0.3 is 14.2 Å². The Balaban J connectivity index is 1.84. The first-order valence-corrected chi connectivity index (χ1v) is 10.1. The monoisotopic (exact) mass is 430 g/mol. The van der Waals surface area contributed by atoms with Crippen LogP contribution in [0.3, 0.4) is 0 Å². The highest BCUT2D eigenvalue weighted by atomic mass is 16.5. The van der Waals surface area contributed by atoms with Crippen LogP contribution in [0.5, 0.6) is 11.5 Å². The zero-order valence-electron chi connectivity index (χ0n) is 18.0. The third-order valence-electron chi connectivity index (χ3n) is 5.11. The van der Waals surface area contributed by atoms with Crippen LogP contribution in [0.15, 0.2) is 67.0 Å². The van der Waals surface area contributed by atoms with Crippen LogP contribution in [0.25, 0.3) is 16.8 Å². The van der Waals surface area contributed by atoms with Crippen LogP contribution in [0.2, 0.25) is 0 Å². The zero-order chi connectivity index (χ0) is 22.7. The number of benzene rings is 2. The summed E-state index contributed by atoms with van der Waals surface area (Å²) >= 11 is 0. The first kappa shape index (κ1) is 21.1. The molecule has 0 N–H and O–H groups in total. The molecule has 7 nitrogen and oxygen atoms in total. The van der Waals surface area contributed by atoms with Crippen LogP contribution in [-0.4, -0.2) is 42.0 Å². The van der Waals surface area contributed by atoms with E-state index < -0.39 is 5.97 Å². The van der Waals surface area contributed by atoms with E-state index in [0.29, 0.717) is 39.5 Å². The molecule has 0 atom stereocenters. The Kier molecular flexibility index (Phi) is 5.89. The van der Waals surface area contributed by atoms with Crippen LogP contribution in [0.4, 0.5) is 0 Å². The maximum Gasteiger partial charge on any atom is 0.340 e. The van der Waals surface area contributed by atoms with E-state index in [9.17, 15) is 9.59 Å². The minimum atomic E-state index is -0.499. The Hall–Kier alpha value is -4.13. The molecule has 2 aromatic carbocycles. The van der Waals surface area contributed by atoms with Gasteiger partial charge in [-0.25, -0.2) is 9.78 Å². The minimum absolute atomic E-state index is 0.228. The lowest BCUT2D eigenvalue weighted by Gasteiger charge is -2.07. The number of aromatic nitrogens is 2. The maximum absolute atomic E-state index is 13.2. The van der Waals surface area contributed by atoms with Gasteiger partial charge in [0, 0.05) is 11.1 Å². The van der Waals surface area contributed by atoms with Crippen molar-refractivity contribution in [1.82, 2.24) is 9.38 Å². The van der Waals surface area contributed by atoms with Gasteiger partial charge in [-0.1, -0.05) is 12.1 Å². The number of hydrogen-bond acceptors (Lipinski definition) is 6. The Morgan fingerprint density at radius 1 is 0.938 bits per heavy atom. The SMILES string of the molecule is CCOC(=O)c1cc(C(=O)c2ccc(OC)cc2)n2cnc(-c3cccc(OC)c3)cc12. The predicted octanol–water partition coefficient (Wildman–Crippen LogP) is 4.43. The quantitative estimate of drug-likeness (QED) is 0.319. The number of hydrogen-bond donors (Lipinski definition) is 0. The molecule has 0 saturated heterocycles. The maximum atomic E-state index is 13.2. The van der Waals surface area contributed by atoms with E-state index in [4.69, 9.17) is 14.2 Å². The molecular formula is C25H22N2O5. The average Bonchev–Trinajstić information content (AvgIpc) is 3.23. The minimum Gasteiger partial charge on any atom is -0.497 e. The molecule has 0 aliphatic rings. The fourth-order valence-corrected chi connectivity index (χ4v) is 3.48. The Morgan fingerprint density at radius 2 is 1.69 bits per heavy atom. The molecule has 0 fully saturated rings. The van der Waals surface area contributed by atoms with Crippen molar-refractivity contribution in [2.75, 3.05) is 20.8 Å². The average molecular weight is 430 g/mol. The highest BCUT2D eigenvalue weighted by Gasteiger charge is 2.22. The number of carbonyl (C=O) groups is 2. The molecule has 4 aromatic rings. The van der Waals surface area contributed by atoms with Crippen molar-refractivity contribution >= 4 is 17.3 Å². The van der Waals surface area contributed by atoms with Gasteiger partial charge in [-0.3, -0.25) is 9.20 Å². The first-order chi connectivity index (χ1) is 15.5. The van der Waals surface area contributed by atoms with Crippen LogP contribution >= 0.6 is 0 Å². The molecule has 7 heteroatoms. The summed E-state index contributed by atoms with van der Waals surface area (Å²) in [7, 11) is 3.16. The van der Waals surface area contributed by atoms with Gasteiger partial charge in [-0.2, -0.15) is 0 Å². The van der Waals surface area contributed by atoms with Crippen molar-refractivity contribution in [2.24, 2.45) is 0 Å². The predicted molar refractivity (Wildman–Crippen MR) is 120 cm³/mol. The standard InChI is InChI=1S/C25H22N2O5/c1-4-32-25(29)20-13-23(24(28)16-8-10-18(30-2)11-9-16)27-15-26-21(14-22(20)27)17-6-5-7-19(12-17)31-3/h5-15H,4H2,1-3H3. The number of nitrogens with zero attached hydrogens (tertiary/aromatic N) is 2. The van der Waals surface area contributed by atoms with Gasteiger partial charge in [-0.15, -0.1) is 0 Å². The van der Waals surface area contributed by atoms with Crippen LogP contribution in [-0.2, 0) is 4.74 Å². The topological polar surface area (TPSA) is 79.1 Å². The lowest BCUT2D eigenvalue weighted by Crippen LogP contribution is -2.05. The highest BCUT2D eigenvalue weighted by molar-refractivity contribution is 6.11. The molecule has 0 bridgehead atoms. The van der Waals surface area contributed by atoms with Crippen LogP contribution in [0, 0.1) is 0 Å². The van der Waals surface area contributed by atoms with E-state index >= 15 is 0 Å². The van der Waals surface area contributed by atoms with Crippen molar-refractivity contribution in [3.8, 4) is 22.8 Å². The van der Waals surface area contributed by atoms with E-state index in [2.05, 4.69) is 4.98 Å². The largest absolute Gasteiger partial charge is 0.497 e. The Labute approximate surface area is 185 Å². The van der Waals surface area contributed by atoms with Crippen LogP contribution in [0.1, 0.15) is 33.3 Å². The first-order valence-electron chi connectivity index (χ1n) is 10.1.